The van der Waals surface area contributed by atoms with Crippen LogP contribution in [0.4, 0.5) is 17.2 Å². The van der Waals surface area contributed by atoms with Gasteiger partial charge in [-0.1, -0.05) is 13.8 Å². The molecule has 1 aromatic carbocycles. The number of anilines is 3. The normalized spacial score (nSPS) is 11.4. The fraction of sp³-hybridized carbons (Fsp3) is 0.375. The molecule has 0 radical (unpaired) electrons. The van der Waals surface area contributed by atoms with Crippen LogP contribution in [0.15, 0.2) is 34.9 Å². The smallest absolute Gasteiger partial charge is 0.273 e. The van der Waals surface area contributed by atoms with E-state index in [2.05, 4.69) is 34.7 Å². The van der Waals surface area contributed by atoms with Gasteiger partial charge in [-0.2, -0.15) is 8.75 Å². The molecule has 4 rings (SSSR count). The van der Waals surface area contributed by atoms with Crippen molar-refractivity contribution in [2.45, 2.75) is 46.1 Å². The molecule has 0 fully saturated rings. The van der Waals surface area contributed by atoms with Crippen molar-refractivity contribution in [3.8, 4) is 11.5 Å². The Morgan fingerprint density at radius 1 is 1.14 bits per heavy atom. The van der Waals surface area contributed by atoms with Gasteiger partial charge in [-0.3, -0.25) is 4.79 Å². The lowest BCUT2D eigenvalue weighted by molar-refractivity contribution is 0.0944. The molecule has 0 saturated carbocycles. The predicted octanol–water partition coefficient (Wildman–Crippen LogP) is 4.54. The third kappa shape index (κ3) is 5.75. The SMILES string of the molecule is CC(C)Nc1cc(Nc2ccc3nsnc3c2)ncc1-c1nc(C(=O)NCCCO)c(C(C)C)o1. The predicted molar refractivity (Wildman–Crippen MR) is 137 cm³/mol. The number of carbonyl (C=O) groups excluding carboxylic acids is 1. The summed E-state index contributed by atoms with van der Waals surface area (Å²) >= 11 is 1.18. The van der Waals surface area contributed by atoms with Crippen LogP contribution in [0.5, 0.6) is 0 Å². The van der Waals surface area contributed by atoms with E-state index < -0.39 is 0 Å². The molecular weight excluding hydrogens is 466 g/mol. The number of amides is 1. The largest absolute Gasteiger partial charge is 0.440 e. The van der Waals surface area contributed by atoms with E-state index in [1.54, 1.807) is 6.20 Å². The van der Waals surface area contributed by atoms with Crippen molar-refractivity contribution in [2.75, 3.05) is 23.8 Å². The van der Waals surface area contributed by atoms with Crippen LogP contribution in [0, 0.1) is 0 Å². The van der Waals surface area contributed by atoms with Crippen molar-refractivity contribution < 1.29 is 14.3 Å². The summed E-state index contributed by atoms with van der Waals surface area (Å²) < 4.78 is 14.6. The molecule has 0 bridgehead atoms. The lowest BCUT2D eigenvalue weighted by Crippen LogP contribution is -2.26. The number of benzene rings is 1. The summed E-state index contributed by atoms with van der Waals surface area (Å²) in [6, 6.07) is 7.80. The van der Waals surface area contributed by atoms with Gasteiger partial charge in [0.25, 0.3) is 5.91 Å². The second-order valence-corrected chi connectivity index (χ2v) is 9.25. The van der Waals surface area contributed by atoms with Crippen LogP contribution in [0.3, 0.4) is 0 Å². The Bertz CT molecular complexity index is 1320. The summed E-state index contributed by atoms with van der Waals surface area (Å²) in [5, 5.41) is 18.5. The first-order chi connectivity index (χ1) is 16.9. The molecule has 0 atom stereocenters. The van der Waals surface area contributed by atoms with Gasteiger partial charge in [-0.05, 0) is 38.5 Å². The summed E-state index contributed by atoms with van der Waals surface area (Å²) in [7, 11) is 0. The van der Waals surface area contributed by atoms with Crippen LogP contribution in [-0.2, 0) is 0 Å². The van der Waals surface area contributed by atoms with Gasteiger partial charge in [0.05, 0.1) is 23.0 Å². The van der Waals surface area contributed by atoms with E-state index in [1.165, 1.54) is 11.7 Å². The Hall–Kier alpha value is -3.57. The van der Waals surface area contributed by atoms with Gasteiger partial charge in [-0.25, -0.2) is 9.97 Å². The Labute approximate surface area is 207 Å². The van der Waals surface area contributed by atoms with Crippen LogP contribution in [0.2, 0.25) is 0 Å². The fourth-order valence-electron chi connectivity index (χ4n) is 3.50. The summed E-state index contributed by atoms with van der Waals surface area (Å²) in [4.78, 5) is 21.8. The molecule has 0 aliphatic carbocycles. The minimum atomic E-state index is -0.325. The number of hydrogen-bond acceptors (Lipinski definition) is 10. The molecule has 1 amide bonds. The van der Waals surface area contributed by atoms with Gasteiger partial charge < -0.3 is 25.5 Å². The fourth-order valence-corrected chi connectivity index (χ4v) is 4.02. The molecule has 0 spiro atoms. The highest BCUT2D eigenvalue weighted by Gasteiger charge is 2.24. The van der Waals surface area contributed by atoms with Crippen LogP contribution in [-0.4, -0.2) is 48.9 Å². The van der Waals surface area contributed by atoms with Crippen molar-refractivity contribution in [1.29, 1.82) is 0 Å². The number of aliphatic hydroxyl groups is 1. The lowest BCUT2D eigenvalue weighted by Gasteiger charge is -2.15. The van der Waals surface area contributed by atoms with Gasteiger partial charge in [0.1, 0.15) is 22.6 Å². The monoisotopic (exact) mass is 495 g/mol. The molecule has 184 valence electrons. The maximum Gasteiger partial charge on any atom is 0.273 e. The number of carbonyl (C=O) groups is 1. The third-order valence-electron chi connectivity index (χ3n) is 5.12. The van der Waals surface area contributed by atoms with E-state index in [-0.39, 0.29) is 30.2 Å². The zero-order valence-corrected chi connectivity index (χ0v) is 20.9. The topological polar surface area (TPSA) is 138 Å². The van der Waals surface area contributed by atoms with Crippen LogP contribution >= 0.6 is 11.7 Å². The Morgan fingerprint density at radius 2 is 1.94 bits per heavy atom. The molecule has 3 heterocycles. The Balaban J connectivity index is 1.66. The highest BCUT2D eigenvalue weighted by atomic mass is 32.1. The number of nitrogens with zero attached hydrogens (tertiary/aromatic N) is 4. The summed E-state index contributed by atoms with van der Waals surface area (Å²) in [5.41, 5.74) is 4.20. The molecule has 0 saturated heterocycles. The average molecular weight is 496 g/mol. The van der Waals surface area contributed by atoms with Gasteiger partial charge in [0.15, 0.2) is 5.69 Å². The molecule has 3 aromatic heterocycles. The maximum absolute atomic E-state index is 12.7. The van der Waals surface area contributed by atoms with Crippen LogP contribution in [0.1, 0.15) is 56.3 Å². The molecule has 35 heavy (non-hydrogen) atoms. The minimum Gasteiger partial charge on any atom is -0.440 e. The number of nitrogens with one attached hydrogen (secondary N) is 3. The molecule has 11 heteroatoms. The van der Waals surface area contributed by atoms with E-state index in [9.17, 15) is 4.79 Å². The zero-order chi connectivity index (χ0) is 24.9. The first-order valence-electron chi connectivity index (χ1n) is 11.5. The molecule has 4 N–H and O–H groups in total. The molecule has 10 nitrogen and oxygen atoms in total. The van der Waals surface area contributed by atoms with Crippen molar-refractivity contribution in [2.24, 2.45) is 0 Å². The van der Waals surface area contributed by atoms with Crippen LogP contribution in [0.25, 0.3) is 22.5 Å². The first-order valence-corrected chi connectivity index (χ1v) is 12.2. The Morgan fingerprint density at radius 3 is 2.69 bits per heavy atom. The molecule has 4 aromatic rings. The Kier molecular flexibility index (Phi) is 7.57. The van der Waals surface area contributed by atoms with E-state index in [0.717, 1.165) is 22.4 Å². The lowest BCUT2D eigenvalue weighted by atomic mass is 10.1. The first kappa shape index (κ1) is 24.6. The van der Waals surface area contributed by atoms with Gasteiger partial charge >= 0.3 is 0 Å². The molecule has 0 aliphatic rings. The van der Waals surface area contributed by atoms with Gasteiger partial charge in [0.2, 0.25) is 5.89 Å². The maximum atomic E-state index is 12.7. The number of oxazole rings is 1. The standard InChI is InChI=1S/C24H29N7O3S/c1-13(2)22-21(23(33)25-8-5-9-32)29-24(34-22)16-12-26-20(11-18(16)27-14(3)4)28-15-6-7-17-19(10-15)31-35-30-17/h6-7,10-14,32H,5,8-9H2,1-4H3,(H,25,33)(H2,26,27,28). The van der Waals surface area contributed by atoms with Crippen molar-refractivity contribution in [3.63, 3.8) is 0 Å². The zero-order valence-electron chi connectivity index (χ0n) is 20.1. The summed E-state index contributed by atoms with van der Waals surface area (Å²) in [5.74, 6) is 1.09. The van der Waals surface area contributed by atoms with Crippen molar-refractivity contribution in [3.05, 3.63) is 41.9 Å². The minimum absolute atomic E-state index is 0.00614. The highest BCUT2D eigenvalue weighted by molar-refractivity contribution is 7.00. The number of hydrogen-bond donors (Lipinski definition) is 4. The average Bonchev–Trinajstić information content (AvgIpc) is 3.46. The summed E-state index contributed by atoms with van der Waals surface area (Å²) in [6.07, 6.45) is 2.15. The number of aromatic nitrogens is 4. The second-order valence-electron chi connectivity index (χ2n) is 8.73. The second kappa shape index (κ2) is 10.8. The molecular formula is C24H29N7O3S. The summed E-state index contributed by atoms with van der Waals surface area (Å²) in [6.45, 7) is 8.33. The van der Waals surface area contributed by atoms with E-state index in [1.807, 2.05) is 52.0 Å². The number of fused-ring (bicyclic) bond motifs is 1. The number of pyridine rings is 1. The molecule has 0 aliphatic heterocycles. The van der Waals surface area contributed by atoms with Gasteiger partial charge in [0, 0.05) is 43.1 Å². The van der Waals surface area contributed by atoms with Crippen molar-refractivity contribution >= 4 is 45.9 Å². The van der Waals surface area contributed by atoms with Gasteiger partial charge in [-0.15, -0.1) is 0 Å². The van der Waals surface area contributed by atoms with Crippen molar-refractivity contribution in [1.82, 2.24) is 24.0 Å². The van der Waals surface area contributed by atoms with Crippen LogP contribution < -0.4 is 16.0 Å². The van der Waals surface area contributed by atoms with E-state index in [4.69, 9.17) is 9.52 Å². The number of rotatable bonds is 10. The highest BCUT2D eigenvalue weighted by Crippen LogP contribution is 2.33. The molecule has 0 unspecified atom stereocenters. The van der Waals surface area contributed by atoms with E-state index in [0.29, 0.717) is 36.0 Å². The van der Waals surface area contributed by atoms with E-state index >= 15 is 0 Å². The number of aliphatic hydroxyl groups excluding tert-OH is 1. The third-order valence-corrected chi connectivity index (χ3v) is 5.67. The quantitative estimate of drug-likeness (QED) is 0.234.